The molecule has 3 nitrogen and oxygen atoms in total. The molecule has 0 atom stereocenters. The molecule has 1 heterocycles. The summed E-state index contributed by atoms with van der Waals surface area (Å²) in [4.78, 5) is 14.6. The fourth-order valence-electron chi connectivity index (χ4n) is 1.38. The van der Waals surface area contributed by atoms with Crippen LogP contribution in [0.5, 0.6) is 5.75 Å². The maximum Gasteiger partial charge on any atom is 0.264 e. The van der Waals surface area contributed by atoms with Crippen molar-refractivity contribution in [3.63, 3.8) is 0 Å². The minimum atomic E-state index is 0.0378. The summed E-state index contributed by atoms with van der Waals surface area (Å²) in [5.74, 6) is 1.24. The Hall–Kier alpha value is -0.740. The highest BCUT2D eigenvalue weighted by molar-refractivity contribution is 7.12. The molecule has 90 valence electrons. The van der Waals surface area contributed by atoms with E-state index in [-0.39, 0.29) is 5.91 Å². The third-order valence-electron chi connectivity index (χ3n) is 2.16. The number of thiophene rings is 1. The van der Waals surface area contributed by atoms with E-state index in [9.17, 15) is 4.79 Å². The van der Waals surface area contributed by atoms with Crippen LogP contribution in [0.1, 0.15) is 23.0 Å². The van der Waals surface area contributed by atoms with Gasteiger partial charge in [0.1, 0.15) is 5.75 Å². The standard InChI is InChI=1S/C11H16ClNO2S/c1-3-5-13(6-4-12)11(14)10-7-9(15-2)8-16-10/h7-8H,3-6H2,1-2H3. The summed E-state index contributed by atoms with van der Waals surface area (Å²) in [6.07, 6.45) is 0.936. The van der Waals surface area contributed by atoms with Gasteiger partial charge in [-0.25, -0.2) is 0 Å². The average Bonchev–Trinajstić information content (AvgIpc) is 2.76. The Balaban J connectivity index is 2.72. The van der Waals surface area contributed by atoms with Crippen LogP contribution in [0, 0.1) is 0 Å². The third kappa shape index (κ3) is 3.39. The second-order valence-electron chi connectivity index (χ2n) is 3.33. The first-order valence-corrected chi connectivity index (χ1v) is 6.62. The van der Waals surface area contributed by atoms with Gasteiger partial charge in [-0.15, -0.1) is 22.9 Å². The number of nitrogens with zero attached hydrogens (tertiary/aromatic N) is 1. The second-order valence-corrected chi connectivity index (χ2v) is 4.62. The van der Waals surface area contributed by atoms with Crippen molar-refractivity contribution in [1.82, 2.24) is 4.90 Å². The molecule has 16 heavy (non-hydrogen) atoms. The number of alkyl halides is 1. The van der Waals surface area contributed by atoms with Crippen molar-refractivity contribution in [2.45, 2.75) is 13.3 Å². The zero-order valence-electron chi connectivity index (χ0n) is 9.53. The normalized spacial score (nSPS) is 10.2. The first-order valence-electron chi connectivity index (χ1n) is 5.20. The molecule has 0 radical (unpaired) electrons. The van der Waals surface area contributed by atoms with Gasteiger partial charge in [0, 0.05) is 30.4 Å². The molecule has 0 saturated carbocycles. The summed E-state index contributed by atoms with van der Waals surface area (Å²) in [5.41, 5.74) is 0. The maximum atomic E-state index is 12.1. The number of hydrogen-bond acceptors (Lipinski definition) is 3. The zero-order valence-corrected chi connectivity index (χ0v) is 11.1. The molecule has 0 unspecified atom stereocenters. The first-order chi connectivity index (χ1) is 7.72. The van der Waals surface area contributed by atoms with E-state index in [0.29, 0.717) is 17.3 Å². The Kier molecular flexibility index (Phi) is 5.63. The van der Waals surface area contributed by atoms with E-state index in [4.69, 9.17) is 16.3 Å². The highest BCUT2D eigenvalue weighted by Gasteiger charge is 2.16. The monoisotopic (exact) mass is 261 g/mol. The molecule has 1 aromatic rings. The van der Waals surface area contributed by atoms with Crippen LogP contribution in [0.2, 0.25) is 0 Å². The fourth-order valence-corrected chi connectivity index (χ4v) is 2.41. The van der Waals surface area contributed by atoms with Crippen molar-refractivity contribution < 1.29 is 9.53 Å². The van der Waals surface area contributed by atoms with Crippen LogP contribution >= 0.6 is 22.9 Å². The van der Waals surface area contributed by atoms with Gasteiger partial charge in [0.15, 0.2) is 0 Å². The molecule has 1 rings (SSSR count). The van der Waals surface area contributed by atoms with E-state index < -0.39 is 0 Å². The largest absolute Gasteiger partial charge is 0.496 e. The number of methoxy groups -OCH3 is 1. The van der Waals surface area contributed by atoms with Gasteiger partial charge in [-0.1, -0.05) is 6.92 Å². The van der Waals surface area contributed by atoms with E-state index in [1.807, 2.05) is 12.3 Å². The molecule has 0 aliphatic rings. The van der Waals surface area contributed by atoms with Crippen molar-refractivity contribution in [3.8, 4) is 5.75 Å². The Morgan fingerprint density at radius 1 is 1.56 bits per heavy atom. The molecule has 0 aliphatic heterocycles. The Morgan fingerprint density at radius 3 is 2.81 bits per heavy atom. The molecular formula is C11H16ClNO2S. The number of carbonyl (C=O) groups excluding carboxylic acids is 1. The number of ether oxygens (including phenoxy) is 1. The highest BCUT2D eigenvalue weighted by Crippen LogP contribution is 2.22. The average molecular weight is 262 g/mol. The van der Waals surface area contributed by atoms with Crippen molar-refractivity contribution in [2.75, 3.05) is 26.1 Å². The van der Waals surface area contributed by atoms with E-state index in [1.165, 1.54) is 11.3 Å². The van der Waals surface area contributed by atoms with Gasteiger partial charge in [-0.05, 0) is 6.42 Å². The summed E-state index contributed by atoms with van der Waals surface area (Å²) in [6.45, 7) is 3.38. The molecule has 0 saturated heterocycles. The van der Waals surface area contributed by atoms with Gasteiger partial charge in [0.25, 0.3) is 5.91 Å². The molecule has 1 aromatic heterocycles. The molecule has 0 fully saturated rings. The predicted molar refractivity (Wildman–Crippen MR) is 67.8 cm³/mol. The lowest BCUT2D eigenvalue weighted by Crippen LogP contribution is -2.32. The molecule has 0 spiro atoms. The number of amides is 1. The van der Waals surface area contributed by atoms with Crippen molar-refractivity contribution in [3.05, 3.63) is 16.3 Å². The highest BCUT2D eigenvalue weighted by atomic mass is 35.5. The fraction of sp³-hybridized carbons (Fsp3) is 0.545. The van der Waals surface area contributed by atoms with E-state index >= 15 is 0 Å². The van der Waals surface area contributed by atoms with Gasteiger partial charge in [0.2, 0.25) is 0 Å². The van der Waals surface area contributed by atoms with Gasteiger partial charge in [-0.3, -0.25) is 4.79 Å². The number of rotatable bonds is 6. The minimum Gasteiger partial charge on any atom is -0.496 e. The van der Waals surface area contributed by atoms with Crippen LogP contribution in [0.25, 0.3) is 0 Å². The molecule has 5 heteroatoms. The third-order valence-corrected chi connectivity index (χ3v) is 3.22. The summed E-state index contributed by atoms with van der Waals surface area (Å²) >= 11 is 7.08. The SMILES string of the molecule is CCCN(CCCl)C(=O)c1cc(OC)cs1. The topological polar surface area (TPSA) is 29.5 Å². The predicted octanol–water partition coefficient (Wildman–Crippen LogP) is 2.85. The Morgan fingerprint density at radius 2 is 2.31 bits per heavy atom. The summed E-state index contributed by atoms with van der Waals surface area (Å²) in [5, 5.41) is 1.83. The zero-order chi connectivity index (χ0) is 12.0. The minimum absolute atomic E-state index is 0.0378. The Bertz CT molecular complexity index is 334. The van der Waals surface area contributed by atoms with Gasteiger partial charge >= 0.3 is 0 Å². The van der Waals surface area contributed by atoms with Crippen molar-refractivity contribution in [2.24, 2.45) is 0 Å². The Labute approximate surface area is 105 Å². The van der Waals surface area contributed by atoms with Crippen molar-refractivity contribution in [1.29, 1.82) is 0 Å². The second kappa shape index (κ2) is 6.76. The lowest BCUT2D eigenvalue weighted by Gasteiger charge is -2.19. The van der Waals surface area contributed by atoms with E-state index in [1.54, 1.807) is 18.1 Å². The van der Waals surface area contributed by atoms with Crippen LogP contribution in [0.3, 0.4) is 0 Å². The number of halogens is 1. The summed E-state index contributed by atoms with van der Waals surface area (Å²) in [7, 11) is 1.60. The number of hydrogen-bond donors (Lipinski definition) is 0. The molecule has 0 aliphatic carbocycles. The quantitative estimate of drug-likeness (QED) is 0.737. The summed E-state index contributed by atoms with van der Waals surface area (Å²) in [6, 6.07) is 1.77. The summed E-state index contributed by atoms with van der Waals surface area (Å²) < 4.78 is 5.06. The van der Waals surface area contributed by atoms with Crippen LogP contribution < -0.4 is 4.74 Å². The molecule has 1 amide bonds. The van der Waals surface area contributed by atoms with Crippen LogP contribution in [0.4, 0.5) is 0 Å². The smallest absolute Gasteiger partial charge is 0.264 e. The van der Waals surface area contributed by atoms with Crippen LogP contribution in [-0.2, 0) is 0 Å². The molecule has 0 aromatic carbocycles. The number of carbonyl (C=O) groups is 1. The lowest BCUT2D eigenvalue weighted by molar-refractivity contribution is 0.0770. The molecule has 0 bridgehead atoms. The molecular weight excluding hydrogens is 246 g/mol. The van der Waals surface area contributed by atoms with E-state index in [0.717, 1.165) is 18.7 Å². The molecule has 0 N–H and O–H groups in total. The van der Waals surface area contributed by atoms with Gasteiger partial charge in [-0.2, -0.15) is 0 Å². The van der Waals surface area contributed by atoms with Gasteiger partial charge < -0.3 is 9.64 Å². The maximum absolute atomic E-state index is 12.1. The van der Waals surface area contributed by atoms with Crippen molar-refractivity contribution >= 4 is 28.8 Å². The van der Waals surface area contributed by atoms with E-state index in [2.05, 4.69) is 0 Å². The lowest BCUT2D eigenvalue weighted by atomic mass is 10.3. The first kappa shape index (κ1) is 13.3. The van der Waals surface area contributed by atoms with Crippen LogP contribution in [-0.4, -0.2) is 36.9 Å². The van der Waals surface area contributed by atoms with Gasteiger partial charge in [0.05, 0.1) is 12.0 Å². The van der Waals surface area contributed by atoms with Crippen LogP contribution in [0.15, 0.2) is 11.4 Å².